The van der Waals surface area contributed by atoms with Crippen LogP contribution in [0.3, 0.4) is 0 Å². The molecule has 1 fully saturated rings. The van der Waals surface area contributed by atoms with Crippen LogP contribution in [-0.2, 0) is 17.9 Å². The summed E-state index contributed by atoms with van der Waals surface area (Å²) in [5, 5.41) is 7.61. The van der Waals surface area contributed by atoms with Gasteiger partial charge in [-0.2, -0.15) is 0 Å². The van der Waals surface area contributed by atoms with Crippen molar-refractivity contribution in [1.29, 1.82) is 0 Å². The van der Waals surface area contributed by atoms with Gasteiger partial charge >= 0.3 is 0 Å². The number of amides is 1. The summed E-state index contributed by atoms with van der Waals surface area (Å²) in [6.07, 6.45) is 8.76. The number of carbonyl (C=O) groups excluding carboxylic acids is 1. The van der Waals surface area contributed by atoms with Crippen molar-refractivity contribution in [2.45, 2.75) is 45.3 Å². The highest BCUT2D eigenvalue weighted by molar-refractivity contribution is 5.87. The molecule has 2 N–H and O–H groups in total. The first kappa shape index (κ1) is 21.4. The molecule has 0 radical (unpaired) electrons. The summed E-state index contributed by atoms with van der Waals surface area (Å²) in [7, 11) is 0. The van der Waals surface area contributed by atoms with E-state index in [0.29, 0.717) is 13.2 Å². The molecule has 0 saturated heterocycles. The Morgan fingerprint density at radius 2 is 1.81 bits per heavy atom. The summed E-state index contributed by atoms with van der Waals surface area (Å²) >= 11 is 0. The van der Waals surface area contributed by atoms with E-state index in [1.54, 1.807) is 0 Å². The van der Waals surface area contributed by atoms with Crippen molar-refractivity contribution in [3.8, 4) is 5.75 Å². The highest BCUT2D eigenvalue weighted by atomic mass is 16.5. The Kier molecular flexibility index (Phi) is 7.61. The molecule has 1 heterocycles. The Morgan fingerprint density at radius 3 is 2.65 bits per heavy atom. The lowest BCUT2D eigenvalue weighted by molar-refractivity contribution is -0.121. The van der Waals surface area contributed by atoms with Gasteiger partial charge in [-0.05, 0) is 43.0 Å². The standard InChI is InChI=1S/C26H33N3O2/c30-25(28-16-15-27-18-21-8-3-1-4-9-21)19-29-17-14-23-12-7-13-24(26(23)29)31-20-22-10-5-2-6-11-22/h2,5-7,10-14,17,21,27H,1,3-4,8-9,15-16,18-20H2,(H,28,30). The second-order valence-corrected chi connectivity index (χ2v) is 8.47. The normalized spacial score (nSPS) is 14.6. The molecule has 1 amide bonds. The molecule has 0 atom stereocenters. The van der Waals surface area contributed by atoms with Gasteiger partial charge in [0.15, 0.2) is 0 Å². The van der Waals surface area contributed by atoms with Gasteiger partial charge in [-0.1, -0.05) is 61.7 Å². The molecule has 0 aliphatic heterocycles. The maximum absolute atomic E-state index is 12.5. The summed E-state index contributed by atoms with van der Waals surface area (Å²) in [4.78, 5) is 12.5. The van der Waals surface area contributed by atoms with Crippen LogP contribution in [-0.4, -0.2) is 30.1 Å². The van der Waals surface area contributed by atoms with Crippen molar-refractivity contribution in [2.75, 3.05) is 19.6 Å². The van der Waals surface area contributed by atoms with Gasteiger partial charge in [0.25, 0.3) is 0 Å². The van der Waals surface area contributed by atoms with Crippen LogP contribution in [0.4, 0.5) is 0 Å². The summed E-state index contributed by atoms with van der Waals surface area (Å²) in [5.41, 5.74) is 2.08. The second kappa shape index (κ2) is 11.0. The molecule has 5 heteroatoms. The molecule has 1 aromatic heterocycles. The van der Waals surface area contributed by atoms with Gasteiger partial charge in [0.2, 0.25) is 5.91 Å². The van der Waals surface area contributed by atoms with Crippen LogP contribution in [0.5, 0.6) is 5.75 Å². The van der Waals surface area contributed by atoms with Crippen molar-refractivity contribution in [1.82, 2.24) is 15.2 Å². The van der Waals surface area contributed by atoms with Crippen molar-refractivity contribution >= 4 is 16.8 Å². The predicted molar refractivity (Wildman–Crippen MR) is 125 cm³/mol. The molecule has 2 aromatic carbocycles. The van der Waals surface area contributed by atoms with E-state index in [1.165, 1.54) is 32.1 Å². The zero-order valence-electron chi connectivity index (χ0n) is 18.2. The molecular weight excluding hydrogens is 386 g/mol. The number of rotatable bonds is 10. The fraction of sp³-hybridized carbons (Fsp3) is 0.423. The van der Waals surface area contributed by atoms with Crippen molar-refractivity contribution in [3.63, 3.8) is 0 Å². The van der Waals surface area contributed by atoms with Crippen molar-refractivity contribution < 1.29 is 9.53 Å². The molecule has 1 aliphatic carbocycles. The zero-order chi connectivity index (χ0) is 21.3. The van der Waals surface area contributed by atoms with Crippen LogP contribution in [0.25, 0.3) is 10.9 Å². The Bertz CT molecular complexity index is 961. The lowest BCUT2D eigenvalue weighted by Crippen LogP contribution is -2.35. The van der Waals surface area contributed by atoms with E-state index in [-0.39, 0.29) is 12.5 Å². The number of hydrogen-bond donors (Lipinski definition) is 2. The highest BCUT2D eigenvalue weighted by Gasteiger charge is 2.13. The number of hydrogen-bond acceptors (Lipinski definition) is 3. The van der Waals surface area contributed by atoms with Gasteiger partial charge < -0.3 is 19.9 Å². The van der Waals surface area contributed by atoms with Crippen LogP contribution in [0.2, 0.25) is 0 Å². The van der Waals surface area contributed by atoms with Crippen molar-refractivity contribution in [3.05, 3.63) is 66.4 Å². The lowest BCUT2D eigenvalue weighted by Gasteiger charge is -2.21. The quantitative estimate of drug-likeness (QED) is 0.476. The molecule has 31 heavy (non-hydrogen) atoms. The van der Waals surface area contributed by atoms with E-state index in [4.69, 9.17) is 4.74 Å². The average Bonchev–Trinajstić information content (AvgIpc) is 3.22. The van der Waals surface area contributed by atoms with E-state index < -0.39 is 0 Å². The Morgan fingerprint density at radius 1 is 0.968 bits per heavy atom. The van der Waals surface area contributed by atoms with Crippen LogP contribution in [0, 0.1) is 5.92 Å². The molecule has 0 bridgehead atoms. The van der Waals surface area contributed by atoms with Gasteiger partial charge in [0.05, 0.1) is 5.52 Å². The van der Waals surface area contributed by atoms with Gasteiger partial charge in [-0.25, -0.2) is 0 Å². The van der Waals surface area contributed by atoms with Crippen molar-refractivity contribution in [2.24, 2.45) is 5.92 Å². The minimum atomic E-state index is 0.0230. The van der Waals surface area contributed by atoms with Gasteiger partial charge in [-0.15, -0.1) is 0 Å². The summed E-state index contributed by atoms with van der Waals surface area (Å²) < 4.78 is 8.07. The minimum absolute atomic E-state index is 0.0230. The van der Waals surface area contributed by atoms with E-state index in [2.05, 4.69) is 22.8 Å². The maximum Gasteiger partial charge on any atom is 0.239 e. The number of aromatic nitrogens is 1. The Balaban J connectivity index is 1.28. The Hall–Kier alpha value is -2.79. The van der Waals surface area contributed by atoms with Crippen LogP contribution in [0.15, 0.2) is 60.8 Å². The van der Waals surface area contributed by atoms with E-state index in [1.807, 2.05) is 53.2 Å². The molecule has 5 nitrogen and oxygen atoms in total. The van der Waals surface area contributed by atoms with E-state index >= 15 is 0 Å². The van der Waals surface area contributed by atoms with Crippen LogP contribution >= 0.6 is 0 Å². The molecule has 4 rings (SSSR count). The number of nitrogens with zero attached hydrogens (tertiary/aromatic N) is 1. The van der Waals surface area contributed by atoms with Gasteiger partial charge in [0.1, 0.15) is 18.9 Å². The second-order valence-electron chi connectivity index (χ2n) is 8.47. The van der Waals surface area contributed by atoms with E-state index in [0.717, 1.165) is 41.2 Å². The summed E-state index contributed by atoms with van der Waals surface area (Å²) in [6.45, 7) is 3.34. The molecule has 0 spiro atoms. The van der Waals surface area contributed by atoms with Gasteiger partial charge in [-0.3, -0.25) is 4.79 Å². The van der Waals surface area contributed by atoms with Crippen LogP contribution in [0.1, 0.15) is 37.7 Å². The Labute approximate surface area is 184 Å². The number of nitrogens with one attached hydrogen (secondary N) is 2. The first-order valence-corrected chi connectivity index (χ1v) is 11.5. The minimum Gasteiger partial charge on any atom is -0.487 e. The predicted octanol–water partition coefficient (Wildman–Crippen LogP) is 4.51. The topological polar surface area (TPSA) is 55.3 Å². The third-order valence-corrected chi connectivity index (χ3v) is 6.08. The zero-order valence-corrected chi connectivity index (χ0v) is 18.2. The van der Waals surface area contributed by atoms with Crippen LogP contribution < -0.4 is 15.4 Å². The smallest absolute Gasteiger partial charge is 0.239 e. The molecular formula is C26H33N3O2. The number of carbonyl (C=O) groups is 1. The number of ether oxygens (including phenoxy) is 1. The third kappa shape index (κ3) is 6.11. The summed E-state index contributed by atoms with van der Waals surface area (Å²) in [5.74, 6) is 1.63. The molecule has 3 aromatic rings. The maximum atomic E-state index is 12.5. The summed E-state index contributed by atoms with van der Waals surface area (Å²) in [6, 6.07) is 18.2. The average molecular weight is 420 g/mol. The van der Waals surface area contributed by atoms with Gasteiger partial charge in [0, 0.05) is 24.7 Å². The number of benzene rings is 2. The lowest BCUT2D eigenvalue weighted by atomic mass is 9.89. The first-order chi connectivity index (χ1) is 15.3. The fourth-order valence-electron chi connectivity index (χ4n) is 4.41. The fourth-order valence-corrected chi connectivity index (χ4v) is 4.41. The van der Waals surface area contributed by atoms with E-state index in [9.17, 15) is 4.79 Å². The number of para-hydroxylation sites is 1. The number of fused-ring (bicyclic) bond motifs is 1. The molecule has 1 aliphatic rings. The molecule has 1 saturated carbocycles. The largest absolute Gasteiger partial charge is 0.487 e. The SMILES string of the molecule is O=C(Cn1ccc2cccc(OCc3ccccc3)c21)NCCNCC1CCCCC1. The molecule has 164 valence electrons. The highest BCUT2D eigenvalue weighted by Crippen LogP contribution is 2.27. The first-order valence-electron chi connectivity index (χ1n) is 11.5. The third-order valence-electron chi connectivity index (χ3n) is 6.08. The monoisotopic (exact) mass is 419 g/mol. The molecule has 0 unspecified atom stereocenters.